The topological polar surface area (TPSA) is 116 Å². The number of aromatic amines is 1. The van der Waals surface area contributed by atoms with Crippen molar-refractivity contribution >= 4 is 22.8 Å². The number of nitrogen functional groups attached to an aromatic ring is 1. The van der Waals surface area contributed by atoms with Gasteiger partial charge in [-0.25, -0.2) is 9.67 Å². The summed E-state index contributed by atoms with van der Waals surface area (Å²) in [7, 11) is 0. The number of nitrogens with one attached hydrogen (secondary N) is 1. The summed E-state index contributed by atoms with van der Waals surface area (Å²) in [6, 6.07) is 5.59. The van der Waals surface area contributed by atoms with Gasteiger partial charge in [-0.05, 0) is 32.9 Å². The second-order valence-corrected chi connectivity index (χ2v) is 6.19. The van der Waals surface area contributed by atoms with Crippen molar-refractivity contribution in [2.45, 2.75) is 26.3 Å². The highest BCUT2D eigenvalue weighted by Gasteiger charge is 2.26. The number of anilines is 1. The molecule has 0 aliphatic heterocycles. The first-order valence-electron chi connectivity index (χ1n) is 6.91. The molecule has 0 aliphatic carbocycles. The first kappa shape index (κ1) is 14.1. The summed E-state index contributed by atoms with van der Waals surface area (Å²) in [6.45, 7) is 5.88. The van der Waals surface area contributed by atoms with Crippen LogP contribution in [0.5, 0.6) is 0 Å². The molecule has 22 heavy (non-hydrogen) atoms. The minimum Gasteiger partial charge on any atom is -0.383 e. The third-order valence-electron chi connectivity index (χ3n) is 3.50. The van der Waals surface area contributed by atoms with Crippen molar-refractivity contribution in [1.82, 2.24) is 19.7 Å². The number of hydrogen-bond acceptors (Lipinski definition) is 4. The fourth-order valence-electron chi connectivity index (χ4n) is 2.47. The van der Waals surface area contributed by atoms with Gasteiger partial charge < -0.3 is 16.5 Å². The number of H-pyrrole nitrogens is 1. The molecule has 0 fully saturated rings. The highest BCUT2D eigenvalue weighted by Crippen LogP contribution is 2.31. The quantitative estimate of drug-likeness (QED) is 0.669. The van der Waals surface area contributed by atoms with Crippen LogP contribution in [0.1, 0.15) is 31.1 Å². The Kier molecular flexibility index (Phi) is 2.94. The Morgan fingerprint density at radius 1 is 1.32 bits per heavy atom. The number of amides is 1. The van der Waals surface area contributed by atoms with E-state index < -0.39 is 5.91 Å². The molecule has 0 saturated carbocycles. The maximum atomic E-state index is 11.8. The zero-order valence-electron chi connectivity index (χ0n) is 12.7. The fourth-order valence-corrected chi connectivity index (χ4v) is 2.47. The van der Waals surface area contributed by atoms with Gasteiger partial charge >= 0.3 is 0 Å². The Hall–Kier alpha value is -2.83. The average Bonchev–Trinajstić information content (AvgIpc) is 3.00. The molecular formula is C15H18N6O. The van der Waals surface area contributed by atoms with Gasteiger partial charge in [-0.15, -0.1) is 0 Å². The molecule has 0 atom stereocenters. The molecule has 2 aromatic heterocycles. The van der Waals surface area contributed by atoms with Gasteiger partial charge in [0.1, 0.15) is 17.1 Å². The molecule has 3 aromatic rings. The summed E-state index contributed by atoms with van der Waals surface area (Å²) in [5.41, 5.74) is 14.4. The van der Waals surface area contributed by atoms with Gasteiger partial charge in [0.05, 0.1) is 22.9 Å². The molecule has 114 valence electrons. The molecule has 0 saturated heterocycles. The Bertz CT molecular complexity index is 868. The standard InChI is InChI=1S/C15H18N6O/c1-15(2,3)21-13(16)11(14(17)22)12(20-21)8-4-5-9-10(6-8)19-7-18-9/h4-7H,16H2,1-3H3,(H2,17,22)(H,18,19). The monoisotopic (exact) mass is 298 g/mol. The van der Waals surface area contributed by atoms with Crippen LogP contribution >= 0.6 is 0 Å². The molecule has 2 heterocycles. The lowest BCUT2D eigenvalue weighted by atomic mass is 10.1. The van der Waals surface area contributed by atoms with Crippen molar-refractivity contribution in [1.29, 1.82) is 0 Å². The minimum atomic E-state index is -0.590. The third-order valence-corrected chi connectivity index (χ3v) is 3.50. The number of hydrogen-bond donors (Lipinski definition) is 3. The molecular weight excluding hydrogens is 280 g/mol. The average molecular weight is 298 g/mol. The maximum Gasteiger partial charge on any atom is 0.254 e. The van der Waals surface area contributed by atoms with E-state index in [0.717, 1.165) is 16.6 Å². The van der Waals surface area contributed by atoms with Gasteiger partial charge in [0.25, 0.3) is 5.91 Å². The molecule has 0 spiro atoms. The van der Waals surface area contributed by atoms with E-state index in [2.05, 4.69) is 15.1 Å². The highest BCUT2D eigenvalue weighted by molar-refractivity contribution is 6.03. The van der Waals surface area contributed by atoms with Crippen molar-refractivity contribution in [2.75, 3.05) is 5.73 Å². The highest BCUT2D eigenvalue weighted by atomic mass is 16.1. The molecule has 0 bridgehead atoms. The van der Waals surface area contributed by atoms with Crippen LogP contribution in [-0.4, -0.2) is 25.7 Å². The number of carbonyl (C=O) groups excluding carboxylic acids is 1. The molecule has 1 aromatic carbocycles. The predicted molar refractivity (Wildman–Crippen MR) is 85.2 cm³/mol. The lowest BCUT2D eigenvalue weighted by molar-refractivity contribution is 0.100. The predicted octanol–water partition coefficient (Wildman–Crippen LogP) is 1.86. The van der Waals surface area contributed by atoms with Crippen LogP contribution in [0.3, 0.4) is 0 Å². The zero-order chi connectivity index (χ0) is 16.1. The van der Waals surface area contributed by atoms with Crippen LogP contribution in [0, 0.1) is 0 Å². The molecule has 1 amide bonds. The summed E-state index contributed by atoms with van der Waals surface area (Å²) in [5.74, 6) is -0.313. The number of nitrogens with zero attached hydrogens (tertiary/aromatic N) is 3. The Morgan fingerprint density at radius 3 is 2.68 bits per heavy atom. The molecule has 7 heteroatoms. The summed E-state index contributed by atoms with van der Waals surface area (Å²) in [6.07, 6.45) is 1.62. The van der Waals surface area contributed by atoms with E-state index in [4.69, 9.17) is 11.5 Å². The van der Waals surface area contributed by atoms with Gasteiger partial charge in [-0.1, -0.05) is 6.07 Å². The van der Waals surface area contributed by atoms with Crippen LogP contribution in [0.2, 0.25) is 0 Å². The van der Waals surface area contributed by atoms with Crippen LogP contribution in [0.4, 0.5) is 5.82 Å². The molecule has 3 rings (SSSR count). The van der Waals surface area contributed by atoms with Gasteiger partial charge in [-0.3, -0.25) is 4.79 Å². The molecule has 7 nitrogen and oxygen atoms in total. The summed E-state index contributed by atoms with van der Waals surface area (Å²) >= 11 is 0. The van der Waals surface area contributed by atoms with Gasteiger partial charge in [0.2, 0.25) is 0 Å². The number of benzene rings is 1. The number of aromatic nitrogens is 4. The number of nitrogens with two attached hydrogens (primary N) is 2. The van der Waals surface area contributed by atoms with Crippen LogP contribution in [0.25, 0.3) is 22.3 Å². The van der Waals surface area contributed by atoms with E-state index in [9.17, 15) is 4.79 Å². The van der Waals surface area contributed by atoms with Crippen molar-refractivity contribution in [3.8, 4) is 11.3 Å². The van der Waals surface area contributed by atoms with Crippen LogP contribution in [0.15, 0.2) is 24.5 Å². The first-order valence-corrected chi connectivity index (χ1v) is 6.91. The summed E-state index contributed by atoms with van der Waals surface area (Å²) in [5, 5.41) is 4.52. The fraction of sp³-hybridized carbons (Fsp3) is 0.267. The lowest BCUT2D eigenvalue weighted by Gasteiger charge is -2.20. The first-order chi connectivity index (χ1) is 10.3. The molecule has 0 radical (unpaired) electrons. The Morgan fingerprint density at radius 2 is 2.05 bits per heavy atom. The molecule has 0 aliphatic rings. The number of fused-ring (bicyclic) bond motifs is 1. The smallest absolute Gasteiger partial charge is 0.254 e. The van der Waals surface area contributed by atoms with Crippen LogP contribution in [-0.2, 0) is 5.54 Å². The number of imidazole rings is 1. The number of carbonyl (C=O) groups is 1. The number of primary amides is 1. The van der Waals surface area contributed by atoms with Crippen molar-refractivity contribution in [3.63, 3.8) is 0 Å². The van der Waals surface area contributed by atoms with Crippen molar-refractivity contribution in [2.24, 2.45) is 5.73 Å². The summed E-state index contributed by atoms with van der Waals surface area (Å²) in [4.78, 5) is 19.1. The lowest BCUT2D eigenvalue weighted by Crippen LogP contribution is -2.25. The minimum absolute atomic E-state index is 0.244. The normalized spacial score (nSPS) is 12.0. The number of rotatable bonds is 2. The molecule has 0 unspecified atom stereocenters. The van der Waals surface area contributed by atoms with Gasteiger partial charge in [-0.2, -0.15) is 5.10 Å². The second-order valence-electron chi connectivity index (χ2n) is 6.19. The third kappa shape index (κ3) is 2.11. The van der Waals surface area contributed by atoms with E-state index >= 15 is 0 Å². The zero-order valence-corrected chi connectivity index (χ0v) is 12.7. The van der Waals surface area contributed by atoms with E-state index in [1.165, 1.54) is 0 Å². The maximum absolute atomic E-state index is 11.8. The largest absolute Gasteiger partial charge is 0.383 e. The van der Waals surface area contributed by atoms with Crippen molar-refractivity contribution in [3.05, 3.63) is 30.1 Å². The Balaban J connectivity index is 2.27. The van der Waals surface area contributed by atoms with E-state index in [-0.39, 0.29) is 16.9 Å². The second kappa shape index (κ2) is 4.59. The molecule has 5 N–H and O–H groups in total. The van der Waals surface area contributed by atoms with Crippen molar-refractivity contribution < 1.29 is 4.79 Å². The van der Waals surface area contributed by atoms with E-state index in [0.29, 0.717) is 5.69 Å². The van der Waals surface area contributed by atoms with Gasteiger partial charge in [0.15, 0.2) is 0 Å². The van der Waals surface area contributed by atoms with E-state index in [1.807, 2.05) is 39.0 Å². The van der Waals surface area contributed by atoms with Gasteiger partial charge in [0, 0.05) is 5.56 Å². The Labute approximate surface area is 127 Å². The van der Waals surface area contributed by atoms with E-state index in [1.54, 1.807) is 11.0 Å². The van der Waals surface area contributed by atoms with Crippen LogP contribution < -0.4 is 11.5 Å². The SMILES string of the molecule is CC(C)(C)n1nc(-c2ccc3nc[nH]c3c2)c(C(N)=O)c1N. The summed E-state index contributed by atoms with van der Waals surface area (Å²) < 4.78 is 1.62.